The molecule has 0 aromatic carbocycles. The van der Waals surface area contributed by atoms with Gasteiger partial charge in [0.1, 0.15) is 17.9 Å². The molecule has 4 rings (SSSR count). The fraction of sp³-hybridized carbons (Fsp3) is 0.421. The molecule has 0 bridgehead atoms. The highest BCUT2D eigenvalue weighted by Gasteiger charge is 2.45. The molecule has 2 aliphatic heterocycles. The molecule has 166 valence electrons. The normalized spacial score (nSPS) is 22.7. The van der Waals surface area contributed by atoms with Gasteiger partial charge in [0.15, 0.2) is 0 Å². The van der Waals surface area contributed by atoms with Crippen molar-refractivity contribution in [1.82, 2.24) is 19.9 Å². The first kappa shape index (κ1) is 22.4. The van der Waals surface area contributed by atoms with Gasteiger partial charge in [-0.3, -0.25) is 9.78 Å². The number of carboxylic acid groups (broad SMARTS) is 1. The Hall–Kier alpha value is -3.28. The molecule has 2 aromatic rings. The first-order valence-electron chi connectivity index (χ1n) is 9.33. The van der Waals surface area contributed by atoms with Crippen LogP contribution in [0.3, 0.4) is 0 Å². The van der Waals surface area contributed by atoms with Gasteiger partial charge in [-0.1, -0.05) is 6.07 Å². The van der Waals surface area contributed by atoms with Gasteiger partial charge in [0, 0.05) is 44.2 Å². The molecule has 2 saturated heterocycles. The molecule has 2 fully saturated rings. The fourth-order valence-corrected chi connectivity index (χ4v) is 3.39. The van der Waals surface area contributed by atoms with Crippen LogP contribution in [0.5, 0.6) is 5.88 Å². The number of ether oxygens (including phenoxy) is 2. The monoisotopic (exact) mass is 440 g/mol. The van der Waals surface area contributed by atoms with Crippen LogP contribution in [-0.4, -0.2) is 74.4 Å². The van der Waals surface area contributed by atoms with Crippen molar-refractivity contribution in [1.29, 1.82) is 0 Å². The van der Waals surface area contributed by atoms with E-state index in [1.165, 1.54) is 12.4 Å². The summed E-state index contributed by atoms with van der Waals surface area (Å²) in [6.07, 6.45) is 2.48. The maximum absolute atomic E-state index is 12.7. The third-order valence-electron chi connectivity index (χ3n) is 4.72. The van der Waals surface area contributed by atoms with Gasteiger partial charge in [-0.25, -0.2) is 14.8 Å². The lowest BCUT2D eigenvalue weighted by Crippen LogP contribution is -2.56. The fourth-order valence-electron chi connectivity index (χ4n) is 3.39. The van der Waals surface area contributed by atoms with Gasteiger partial charge in [0.25, 0.3) is 5.91 Å². The number of halogens is 3. The maximum Gasteiger partial charge on any atom is 0.490 e. The number of fused-ring (bicyclic) bond motifs is 1. The van der Waals surface area contributed by atoms with Crippen LogP contribution in [0.2, 0.25) is 0 Å². The number of piperidine rings is 1. The number of aromatic nitrogens is 3. The summed E-state index contributed by atoms with van der Waals surface area (Å²) in [6, 6.07) is 5.58. The van der Waals surface area contributed by atoms with E-state index in [1.807, 2.05) is 23.1 Å². The molecule has 31 heavy (non-hydrogen) atoms. The molecular formula is C19H19F3N4O5. The number of pyridine rings is 1. The Labute approximate surface area is 174 Å². The summed E-state index contributed by atoms with van der Waals surface area (Å²) in [5.41, 5.74) is 0.368. The highest BCUT2D eigenvalue weighted by Crippen LogP contribution is 2.31. The number of hydrogen-bond acceptors (Lipinski definition) is 7. The summed E-state index contributed by atoms with van der Waals surface area (Å²) in [5, 5.41) is 7.12. The number of likely N-dealkylation sites (tertiary alicyclic amines) is 1. The molecule has 1 amide bonds. The zero-order chi connectivity index (χ0) is 22.4. The van der Waals surface area contributed by atoms with Crippen LogP contribution in [0.25, 0.3) is 0 Å². The average Bonchev–Trinajstić information content (AvgIpc) is 3.25. The third kappa shape index (κ3) is 5.66. The number of aliphatic carboxylic acids is 1. The predicted octanol–water partition coefficient (Wildman–Crippen LogP) is 1.96. The Balaban J connectivity index is 0.000000339. The van der Waals surface area contributed by atoms with Gasteiger partial charge in [-0.2, -0.15) is 13.2 Å². The zero-order valence-corrected chi connectivity index (χ0v) is 16.1. The standard InChI is InChI=1S/C17H18N4O3.C2HF3O2/c22-17(12-11-18-7-8-19-12)21-9-4-14(16-13(21)5-10-23-16)24-15-3-1-2-6-20-15;3-2(4,5)1(6)7/h1-3,6-8,11,13-14,16H,4-5,9-10H2;(H,6,7)/t13-,14+,16-;/m0./s1. The largest absolute Gasteiger partial charge is 0.490 e. The summed E-state index contributed by atoms with van der Waals surface area (Å²) in [7, 11) is 0. The number of carboxylic acids is 1. The van der Waals surface area contributed by atoms with E-state index in [9.17, 15) is 18.0 Å². The van der Waals surface area contributed by atoms with Crippen molar-refractivity contribution in [3.05, 3.63) is 48.7 Å². The Morgan fingerprint density at radius 3 is 2.55 bits per heavy atom. The second kappa shape index (κ2) is 9.69. The van der Waals surface area contributed by atoms with Crippen LogP contribution in [-0.2, 0) is 9.53 Å². The van der Waals surface area contributed by atoms with E-state index in [0.29, 0.717) is 31.1 Å². The molecule has 0 saturated carbocycles. The van der Waals surface area contributed by atoms with Crippen LogP contribution >= 0.6 is 0 Å². The van der Waals surface area contributed by atoms with E-state index in [4.69, 9.17) is 19.4 Å². The van der Waals surface area contributed by atoms with Crippen molar-refractivity contribution in [2.75, 3.05) is 13.2 Å². The zero-order valence-electron chi connectivity index (χ0n) is 16.1. The second-order valence-corrected chi connectivity index (χ2v) is 6.70. The van der Waals surface area contributed by atoms with Gasteiger partial charge in [-0.15, -0.1) is 0 Å². The Bertz CT molecular complexity index is 885. The summed E-state index contributed by atoms with van der Waals surface area (Å²) in [5.74, 6) is -2.27. The third-order valence-corrected chi connectivity index (χ3v) is 4.72. The van der Waals surface area contributed by atoms with E-state index in [0.717, 1.165) is 6.42 Å². The number of amides is 1. The van der Waals surface area contributed by atoms with Gasteiger partial charge >= 0.3 is 12.1 Å². The van der Waals surface area contributed by atoms with Gasteiger partial charge in [0.05, 0.1) is 12.2 Å². The topological polar surface area (TPSA) is 115 Å². The van der Waals surface area contributed by atoms with Crippen molar-refractivity contribution in [2.45, 2.75) is 37.3 Å². The minimum atomic E-state index is -5.08. The lowest BCUT2D eigenvalue weighted by molar-refractivity contribution is -0.192. The first-order valence-corrected chi connectivity index (χ1v) is 9.33. The first-order chi connectivity index (χ1) is 14.8. The highest BCUT2D eigenvalue weighted by molar-refractivity contribution is 5.92. The van der Waals surface area contributed by atoms with E-state index in [1.54, 1.807) is 12.4 Å². The van der Waals surface area contributed by atoms with Crippen molar-refractivity contribution in [2.24, 2.45) is 0 Å². The minimum absolute atomic E-state index is 0.00182. The number of carbonyl (C=O) groups excluding carboxylic acids is 1. The van der Waals surface area contributed by atoms with Crippen molar-refractivity contribution in [3.8, 4) is 5.88 Å². The van der Waals surface area contributed by atoms with Crippen molar-refractivity contribution >= 4 is 11.9 Å². The number of alkyl halides is 3. The maximum atomic E-state index is 12.7. The molecular weight excluding hydrogens is 421 g/mol. The number of hydrogen-bond donors (Lipinski definition) is 1. The highest BCUT2D eigenvalue weighted by atomic mass is 19.4. The van der Waals surface area contributed by atoms with Crippen LogP contribution in [0, 0.1) is 0 Å². The average molecular weight is 440 g/mol. The van der Waals surface area contributed by atoms with E-state index >= 15 is 0 Å². The second-order valence-electron chi connectivity index (χ2n) is 6.70. The molecule has 9 nitrogen and oxygen atoms in total. The molecule has 12 heteroatoms. The molecule has 2 aliphatic rings. The smallest absolute Gasteiger partial charge is 0.475 e. The molecule has 0 radical (unpaired) electrons. The minimum Gasteiger partial charge on any atom is -0.475 e. The lowest BCUT2D eigenvalue weighted by atomic mass is 9.95. The number of rotatable bonds is 3. The van der Waals surface area contributed by atoms with Gasteiger partial charge < -0.3 is 19.5 Å². The summed E-state index contributed by atoms with van der Waals surface area (Å²) >= 11 is 0. The van der Waals surface area contributed by atoms with E-state index in [-0.39, 0.29) is 24.2 Å². The van der Waals surface area contributed by atoms with Gasteiger partial charge in [-0.05, 0) is 12.5 Å². The molecule has 0 spiro atoms. The Kier molecular flexibility index (Phi) is 7.00. The lowest BCUT2D eigenvalue weighted by Gasteiger charge is -2.40. The Morgan fingerprint density at radius 2 is 1.94 bits per heavy atom. The summed E-state index contributed by atoms with van der Waals surface area (Å²) in [4.78, 5) is 35.8. The van der Waals surface area contributed by atoms with E-state index in [2.05, 4.69) is 15.0 Å². The Morgan fingerprint density at radius 1 is 1.16 bits per heavy atom. The van der Waals surface area contributed by atoms with Crippen LogP contribution < -0.4 is 4.74 Å². The van der Waals surface area contributed by atoms with Crippen LogP contribution in [0.4, 0.5) is 13.2 Å². The van der Waals surface area contributed by atoms with Crippen LogP contribution in [0.15, 0.2) is 43.0 Å². The summed E-state index contributed by atoms with van der Waals surface area (Å²) < 4.78 is 43.6. The molecule has 0 aliphatic carbocycles. The van der Waals surface area contributed by atoms with Gasteiger partial charge in [0.2, 0.25) is 5.88 Å². The number of nitrogens with zero attached hydrogens (tertiary/aromatic N) is 4. The quantitative estimate of drug-likeness (QED) is 0.770. The van der Waals surface area contributed by atoms with Crippen molar-refractivity contribution < 1.29 is 37.3 Å². The molecule has 0 unspecified atom stereocenters. The molecule has 2 aromatic heterocycles. The van der Waals surface area contributed by atoms with Crippen molar-refractivity contribution in [3.63, 3.8) is 0 Å². The predicted molar refractivity (Wildman–Crippen MR) is 98.2 cm³/mol. The SMILES string of the molecule is O=C(O)C(F)(F)F.O=C(c1cnccn1)N1CC[C@@H](Oc2ccccn2)[C@H]2OCC[C@@H]21. The molecule has 1 N–H and O–H groups in total. The number of carbonyl (C=O) groups is 2. The molecule has 3 atom stereocenters. The molecule has 4 heterocycles. The van der Waals surface area contributed by atoms with E-state index < -0.39 is 12.1 Å². The summed E-state index contributed by atoms with van der Waals surface area (Å²) in [6.45, 7) is 1.24. The van der Waals surface area contributed by atoms with Crippen LogP contribution in [0.1, 0.15) is 23.3 Å².